The number of ether oxygens (including phenoxy) is 1. The van der Waals surface area contributed by atoms with Crippen LogP contribution < -0.4 is 4.72 Å². The van der Waals surface area contributed by atoms with Gasteiger partial charge in [-0.1, -0.05) is 0 Å². The van der Waals surface area contributed by atoms with Gasteiger partial charge in [-0.2, -0.15) is 0 Å². The van der Waals surface area contributed by atoms with Gasteiger partial charge < -0.3 is 9.84 Å². The Morgan fingerprint density at radius 1 is 1.42 bits per heavy atom. The monoisotopic (exact) mass is 287 g/mol. The van der Waals surface area contributed by atoms with Gasteiger partial charge in [-0.05, 0) is 37.6 Å². The zero-order valence-corrected chi connectivity index (χ0v) is 11.7. The van der Waals surface area contributed by atoms with Gasteiger partial charge in [0.15, 0.2) is 0 Å². The molecule has 0 radical (unpaired) electrons. The third kappa shape index (κ3) is 5.17. The number of phenolic OH excluding ortho intramolecular Hbond substituents is 1. The number of rotatable bonds is 6. The Labute approximate surface area is 112 Å². The van der Waals surface area contributed by atoms with E-state index in [-0.39, 0.29) is 24.5 Å². The number of hydrogen-bond acceptors (Lipinski definition) is 5. The minimum absolute atomic E-state index is 0.0921. The Morgan fingerprint density at radius 3 is 2.68 bits per heavy atom. The largest absolute Gasteiger partial charge is 0.508 e. The van der Waals surface area contributed by atoms with E-state index >= 15 is 0 Å². The molecular weight excluding hydrogens is 270 g/mol. The van der Waals surface area contributed by atoms with Gasteiger partial charge in [0.05, 0.1) is 18.8 Å². The average Bonchev–Trinajstić information content (AvgIpc) is 2.32. The first kappa shape index (κ1) is 15.3. The molecule has 0 saturated heterocycles. The lowest BCUT2D eigenvalue weighted by atomic mass is 10.2. The smallest absolute Gasteiger partial charge is 0.306 e. The highest BCUT2D eigenvalue weighted by molar-refractivity contribution is 7.92. The summed E-state index contributed by atoms with van der Waals surface area (Å²) in [5, 5.41) is 9.34. The van der Waals surface area contributed by atoms with Crippen LogP contribution in [-0.2, 0) is 19.6 Å². The normalized spacial score (nSPS) is 11.1. The number of phenols is 1. The van der Waals surface area contributed by atoms with E-state index in [2.05, 4.69) is 9.46 Å². The Bertz CT molecular complexity index is 553. The molecular formula is C12H17NO5S. The number of aromatic hydroxyl groups is 1. The highest BCUT2D eigenvalue weighted by atomic mass is 32.2. The van der Waals surface area contributed by atoms with Crippen LogP contribution in [-0.4, -0.2) is 31.9 Å². The Morgan fingerprint density at radius 2 is 2.11 bits per heavy atom. The number of anilines is 1. The second kappa shape index (κ2) is 6.42. The molecule has 0 bridgehead atoms. The molecule has 19 heavy (non-hydrogen) atoms. The van der Waals surface area contributed by atoms with Gasteiger partial charge in [0, 0.05) is 5.69 Å². The van der Waals surface area contributed by atoms with Crippen molar-refractivity contribution in [2.75, 3.05) is 17.1 Å². The van der Waals surface area contributed by atoms with Crippen molar-refractivity contribution in [2.45, 2.75) is 20.3 Å². The van der Waals surface area contributed by atoms with Crippen molar-refractivity contribution in [1.82, 2.24) is 0 Å². The molecule has 0 saturated carbocycles. The van der Waals surface area contributed by atoms with Gasteiger partial charge in [-0.15, -0.1) is 0 Å². The van der Waals surface area contributed by atoms with Crippen molar-refractivity contribution < 1.29 is 23.1 Å². The number of esters is 1. The predicted molar refractivity (Wildman–Crippen MR) is 71.5 cm³/mol. The molecule has 0 atom stereocenters. The first-order chi connectivity index (χ1) is 8.84. The fraction of sp³-hybridized carbons (Fsp3) is 0.417. The lowest BCUT2D eigenvalue weighted by Gasteiger charge is -2.09. The van der Waals surface area contributed by atoms with Crippen molar-refractivity contribution in [3.05, 3.63) is 23.8 Å². The minimum atomic E-state index is -3.61. The molecule has 0 amide bonds. The highest BCUT2D eigenvalue weighted by Gasteiger charge is 2.14. The average molecular weight is 287 g/mol. The van der Waals surface area contributed by atoms with Crippen molar-refractivity contribution in [1.29, 1.82) is 0 Å². The number of sulfonamides is 1. The second-order valence-electron chi connectivity index (χ2n) is 3.98. The molecule has 0 aliphatic carbocycles. The molecule has 2 N–H and O–H groups in total. The Kier molecular flexibility index (Phi) is 5.17. The molecule has 1 aromatic rings. The first-order valence-corrected chi connectivity index (χ1v) is 7.45. The van der Waals surface area contributed by atoms with E-state index in [4.69, 9.17) is 0 Å². The molecule has 0 fully saturated rings. The maximum Gasteiger partial charge on any atom is 0.306 e. The topological polar surface area (TPSA) is 92.7 Å². The van der Waals surface area contributed by atoms with Crippen LogP contribution in [0.3, 0.4) is 0 Å². The number of carbonyl (C=O) groups is 1. The minimum Gasteiger partial charge on any atom is -0.508 e. The summed E-state index contributed by atoms with van der Waals surface area (Å²) in [6, 6.07) is 4.36. The quantitative estimate of drug-likeness (QED) is 0.609. The lowest BCUT2D eigenvalue weighted by molar-refractivity contribution is -0.142. The molecule has 1 aromatic carbocycles. The van der Waals surface area contributed by atoms with Crippen LogP contribution in [0.1, 0.15) is 18.9 Å². The summed E-state index contributed by atoms with van der Waals surface area (Å²) in [6.07, 6.45) is -0.194. The van der Waals surface area contributed by atoms with E-state index < -0.39 is 16.0 Å². The predicted octanol–water partition coefficient (Wildman–Crippen LogP) is 1.40. The maximum absolute atomic E-state index is 11.7. The van der Waals surface area contributed by atoms with Gasteiger partial charge in [0.25, 0.3) is 0 Å². The third-order valence-corrected chi connectivity index (χ3v) is 3.64. The van der Waals surface area contributed by atoms with Gasteiger partial charge in [-0.25, -0.2) is 8.42 Å². The van der Waals surface area contributed by atoms with Crippen molar-refractivity contribution in [3.8, 4) is 5.75 Å². The number of hydrogen-bond donors (Lipinski definition) is 2. The third-order valence-electron chi connectivity index (χ3n) is 2.35. The Balaban J connectivity index is 2.64. The van der Waals surface area contributed by atoms with Crippen LogP contribution in [0.25, 0.3) is 0 Å². The summed E-state index contributed by atoms with van der Waals surface area (Å²) in [5.74, 6) is -0.796. The van der Waals surface area contributed by atoms with Gasteiger partial charge in [0.2, 0.25) is 10.0 Å². The molecule has 6 nitrogen and oxygen atoms in total. The molecule has 106 valence electrons. The van der Waals surface area contributed by atoms with Crippen LogP contribution in [0.5, 0.6) is 5.75 Å². The van der Waals surface area contributed by atoms with E-state index in [1.807, 2.05) is 0 Å². The SMILES string of the molecule is CCOC(=O)CCS(=O)(=O)Nc1ccc(O)c(C)c1. The van der Waals surface area contributed by atoms with Crippen LogP contribution in [0.15, 0.2) is 18.2 Å². The van der Waals surface area contributed by atoms with Gasteiger partial charge >= 0.3 is 5.97 Å². The van der Waals surface area contributed by atoms with E-state index in [1.165, 1.54) is 18.2 Å². The molecule has 0 aliphatic rings. The zero-order chi connectivity index (χ0) is 14.5. The lowest BCUT2D eigenvalue weighted by Crippen LogP contribution is -2.20. The Hall–Kier alpha value is -1.76. The van der Waals surface area contributed by atoms with E-state index in [9.17, 15) is 18.3 Å². The van der Waals surface area contributed by atoms with E-state index in [1.54, 1.807) is 13.8 Å². The number of nitrogens with one attached hydrogen (secondary N) is 1. The van der Waals surface area contributed by atoms with E-state index in [0.29, 0.717) is 11.3 Å². The molecule has 0 heterocycles. The van der Waals surface area contributed by atoms with Crippen LogP contribution in [0.4, 0.5) is 5.69 Å². The molecule has 0 aliphatic heterocycles. The second-order valence-corrected chi connectivity index (χ2v) is 5.82. The van der Waals surface area contributed by atoms with Gasteiger partial charge in [0.1, 0.15) is 5.75 Å². The van der Waals surface area contributed by atoms with E-state index in [0.717, 1.165) is 0 Å². The van der Waals surface area contributed by atoms with Gasteiger partial charge in [-0.3, -0.25) is 9.52 Å². The first-order valence-electron chi connectivity index (χ1n) is 5.80. The highest BCUT2D eigenvalue weighted by Crippen LogP contribution is 2.20. The maximum atomic E-state index is 11.7. The summed E-state index contributed by atoms with van der Waals surface area (Å²) < 4.78 is 30.4. The molecule has 0 unspecified atom stereocenters. The van der Waals surface area contributed by atoms with Crippen molar-refractivity contribution >= 4 is 21.7 Å². The number of benzene rings is 1. The summed E-state index contributed by atoms with van der Waals surface area (Å²) in [7, 11) is -3.61. The van der Waals surface area contributed by atoms with Crippen LogP contribution >= 0.6 is 0 Å². The number of aryl methyl sites for hydroxylation is 1. The van der Waals surface area contributed by atoms with Crippen LogP contribution in [0, 0.1) is 6.92 Å². The summed E-state index contributed by atoms with van der Waals surface area (Å²) in [4.78, 5) is 11.1. The summed E-state index contributed by atoms with van der Waals surface area (Å²) in [5.41, 5.74) is 0.907. The molecule has 0 aromatic heterocycles. The fourth-order valence-electron chi connectivity index (χ4n) is 1.40. The molecule has 0 spiro atoms. The van der Waals surface area contributed by atoms with Crippen molar-refractivity contribution in [2.24, 2.45) is 0 Å². The summed E-state index contributed by atoms with van der Waals surface area (Å²) in [6.45, 7) is 3.54. The molecule has 1 rings (SSSR count). The number of carbonyl (C=O) groups excluding carboxylic acids is 1. The fourth-order valence-corrected chi connectivity index (χ4v) is 2.42. The molecule has 7 heteroatoms. The summed E-state index contributed by atoms with van der Waals surface area (Å²) >= 11 is 0. The van der Waals surface area contributed by atoms with Crippen LogP contribution in [0.2, 0.25) is 0 Å². The standard InChI is InChI=1S/C12H17NO5S/c1-3-18-12(15)6-7-19(16,17)13-10-4-5-11(14)9(2)8-10/h4-5,8,13-14H,3,6-7H2,1-2H3. The zero-order valence-electron chi connectivity index (χ0n) is 10.8. The van der Waals surface area contributed by atoms with Crippen molar-refractivity contribution in [3.63, 3.8) is 0 Å².